The van der Waals surface area contributed by atoms with Gasteiger partial charge < -0.3 is 15.0 Å². The second-order valence-electron chi connectivity index (χ2n) is 8.31. The Morgan fingerprint density at radius 1 is 1.29 bits per heavy atom. The van der Waals surface area contributed by atoms with Crippen LogP contribution in [0.1, 0.15) is 28.8 Å². The van der Waals surface area contributed by atoms with Gasteiger partial charge in [0, 0.05) is 26.2 Å². The summed E-state index contributed by atoms with van der Waals surface area (Å²) in [7, 11) is 0. The topological polar surface area (TPSA) is 108 Å². The minimum Gasteiger partial charge on any atom is -0.442 e. The number of halogens is 1. The first kappa shape index (κ1) is 19.5. The molecule has 2 aromatic rings. The summed E-state index contributed by atoms with van der Waals surface area (Å²) >= 11 is 0. The number of amides is 3. The maximum atomic E-state index is 14.9. The highest BCUT2D eigenvalue weighted by Gasteiger charge is 2.58. The molecule has 3 amide bonds. The van der Waals surface area contributed by atoms with Crippen LogP contribution in [0.5, 0.6) is 0 Å². The van der Waals surface area contributed by atoms with Crippen LogP contribution in [-0.4, -0.2) is 65.3 Å². The van der Waals surface area contributed by atoms with Crippen LogP contribution < -0.4 is 10.2 Å². The van der Waals surface area contributed by atoms with Crippen molar-refractivity contribution in [3.63, 3.8) is 0 Å². The number of piperidine rings is 1. The number of cyclic esters (lactones) is 1. The molecule has 3 fully saturated rings. The molecule has 2 saturated heterocycles. The van der Waals surface area contributed by atoms with Gasteiger partial charge in [0.2, 0.25) is 5.91 Å². The van der Waals surface area contributed by atoms with Gasteiger partial charge in [0.25, 0.3) is 5.91 Å². The van der Waals surface area contributed by atoms with Crippen LogP contribution in [-0.2, 0) is 9.53 Å². The average molecular weight is 427 g/mol. The molecule has 162 valence electrons. The van der Waals surface area contributed by atoms with Crippen molar-refractivity contribution in [2.45, 2.75) is 18.9 Å². The molecule has 4 atom stereocenters. The van der Waals surface area contributed by atoms with E-state index in [1.807, 2.05) is 0 Å². The first-order chi connectivity index (χ1) is 14.9. The van der Waals surface area contributed by atoms with Crippen LogP contribution in [0.15, 0.2) is 30.6 Å². The number of likely N-dealkylation sites (tertiary alicyclic amines) is 1. The summed E-state index contributed by atoms with van der Waals surface area (Å²) < 4.78 is 20.2. The summed E-state index contributed by atoms with van der Waals surface area (Å²) in [5.41, 5.74) is 1.58. The first-order valence-electron chi connectivity index (χ1n) is 10.2. The van der Waals surface area contributed by atoms with E-state index in [9.17, 15) is 18.8 Å². The van der Waals surface area contributed by atoms with E-state index < -0.39 is 12.2 Å². The Hall–Kier alpha value is -3.43. The quantitative estimate of drug-likeness (QED) is 0.752. The number of fused-ring (bicyclic) bond motifs is 1. The van der Waals surface area contributed by atoms with Gasteiger partial charge in [-0.3, -0.25) is 19.6 Å². The fraction of sp³-hybridized carbons (Fsp3) is 0.429. The molecule has 1 aromatic carbocycles. The zero-order valence-electron chi connectivity index (χ0n) is 16.9. The molecule has 1 aliphatic carbocycles. The number of hydrogen-bond donors (Lipinski definition) is 2. The van der Waals surface area contributed by atoms with E-state index in [0.717, 1.165) is 0 Å². The Morgan fingerprint density at radius 3 is 2.71 bits per heavy atom. The van der Waals surface area contributed by atoms with Crippen LogP contribution in [0.2, 0.25) is 0 Å². The van der Waals surface area contributed by atoms with Crippen LogP contribution in [0.25, 0.3) is 0 Å². The maximum absolute atomic E-state index is 14.9. The number of aromatic amines is 1. The summed E-state index contributed by atoms with van der Waals surface area (Å²) in [6.45, 7) is 3.06. The molecule has 2 aliphatic heterocycles. The second-order valence-corrected chi connectivity index (χ2v) is 8.31. The molecule has 10 heteroatoms. The largest absolute Gasteiger partial charge is 0.442 e. The number of nitrogens with zero attached hydrogens (tertiary/aromatic N) is 3. The lowest BCUT2D eigenvalue weighted by molar-refractivity contribution is -0.119. The molecule has 1 aromatic heterocycles. The Kier molecular flexibility index (Phi) is 4.64. The number of carbonyl (C=O) groups is 3. The monoisotopic (exact) mass is 427 g/mol. The molecule has 0 radical (unpaired) electrons. The van der Waals surface area contributed by atoms with Crippen molar-refractivity contribution in [3.8, 4) is 0 Å². The van der Waals surface area contributed by atoms with Crippen molar-refractivity contribution < 1.29 is 23.5 Å². The number of carbonyl (C=O) groups excluding carboxylic acids is 3. The number of nitrogens with one attached hydrogen (secondary N) is 2. The number of rotatable bonds is 5. The minimum absolute atomic E-state index is 0.0584. The SMILES string of the molecule is CC(=O)NC[C@H]1CN(c2ccc([C@H]3[C@@H]4CN(C(=O)c5cn[nH]c5)C[C@@H]43)c(F)c2)C(=O)O1. The zero-order valence-corrected chi connectivity index (χ0v) is 16.9. The van der Waals surface area contributed by atoms with Crippen LogP contribution in [0.4, 0.5) is 14.9 Å². The highest BCUT2D eigenvalue weighted by molar-refractivity contribution is 5.94. The second kappa shape index (κ2) is 7.36. The van der Waals surface area contributed by atoms with Crippen molar-refractivity contribution >= 4 is 23.6 Å². The third-order valence-electron chi connectivity index (χ3n) is 6.33. The lowest BCUT2D eigenvalue weighted by Crippen LogP contribution is -2.33. The van der Waals surface area contributed by atoms with Gasteiger partial charge in [-0.25, -0.2) is 9.18 Å². The molecule has 1 saturated carbocycles. The highest BCUT2D eigenvalue weighted by atomic mass is 19.1. The molecule has 9 nitrogen and oxygen atoms in total. The average Bonchev–Trinajstić information content (AvgIpc) is 3.21. The normalized spacial score (nSPS) is 26.6. The fourth-order valence-electron chi connectivity index (χ4n) is 4.75. The molecule has 0 spiro atoms. The van der Waals surface area contributed by atoms with E-state index >= 15 is 0 Å². The Balaban J connectivity index is 1.22. The molecule has 5 rings (SSSR count). The summed E-state index contributed by atoms with van der Waals surface area (Å²) in [6, 6.07) is 4.81. The lowest BCUT2D eigenvalue weighted by Gasteiger charge is -2.20. The predicted molar refractivity (Wildman–Crippen MR) is 107 cm³/mol. The number of benzene rings is 1. The molecule has 0 unspecified atom stereocenters. The fourth-order valence-corrected chi connectivity index (χ4v) is 4.75. The first-order valence-corrected chi connectivity index (χ1v) is 10.2. The van der Waals surface area contributed by atoms with Crippen LogP contribution in [0.3, 0.4) is 0 Å². The van der Waals surface area contributed by atoms with Crippen molar-refractivity contribution in [1.82, 2.24) is 20.4 Å². The van der Waals surface area contributed by atoms with Gasteiger partial charge >= 0.3 is 6.09 Å². The lowest BCUT2D eigenvalue weighted by atomic mass is 10.0. The third kappa shape index (κ3) is 3.51. The van der Waals surface area contributed by atoms with Gasteiger partial charge in [0.1, 0.15) is 11.9 Å². The van der Waals surface area contributed by atoms with Gasteiger partial charge in [-0.15, -0.1) is 0 Å². The molecule has 31 heavy (non-hydrogen) atoms. The zero-order chi connectivity index (χ0) is 21.7. The predicted octanol–water partition coefficient (Wildman–Crippen LogP) is 1.50. The van der Waals surface area contributed by atoms with E-state index in [4.69, 9.17) is 4.74 Å². The number of anilines is 1. The van der Waals surface area contributed by atoms with Gasteiger partial charge in [0.15, 0.2) is 0 Å². The van der Waals surface area contributed by atoms with Crippen LogP contribution in [0, 0.1) is 17.7 Å². The minimum atomic E-state index is -0.556. The van der Waals surface area contributed by atoms with Crippen molar-refractivity contribution in [1.29, 1.82) is 0 Å². The maximum Gasteiger partial charge on any atom is 0.414 e. The molecule has 2 N–H and O–H groups in total. The number of ether oxygens (including phenoxy) is 1. The van der Waals surface area contributed by atoms with Gasteiger partial charge in [-0.2, -0.15) is 5.10 Å². The van der Waals surface area contributed by atoms with Crippen LogP contribution >= 0.6 is 0 Å². The van der Waals surface area contributed by atoms with Crippen molar-refractivity contribution in [2.24, 2.45) is 11.8 Å². The smallest absolute Gasteiger partial charge is 0.414 e. The van der Waals surface area contributed by atoms with E-state index in [0.29, 0.717) is 29.9 Å². The van der Waals surface area contributed by atoms with Crippen molar-refractivity contribution in [2.75, 3.05) is 31.1 Å². The number of H-pyrrole nitrogens is 1. The summed E-state index contributed by atoms with van der Waals surface area (Å²) in [6.07, 6.45) is 2.05. The summed E-state index contributed by atoms with van der Waals surface area (Å²) in [4.78, 5) is 38.8. The number of hydrogen-bond acceptors (Lipinski definition) is 5. The van der Waals surface area contributed by atoms with E-state index in [-0.39, 0.29) is 48.5 Å². The molecule has 0 bridgehead atoms. The van der Waals surface area contributed by atoms with E-state index in [2.05, 4.69) is 15.5 Å². The molecule has 3 heterocycles. The van der Waals surface area contributed by atoms with Gasteiger partial charge in [0.05, 0.1) is 30.5 Å². The molecular formula is C21H22FN5O4. The Labute approximate surface area is 177 Å². The van der Waals surface area contributed by atoms with E-state index in [1.54, 1.807) is 23.2 Å². The Bertz CT molecular complexity index is 1030. The van der Waals surface area contributed by atoms with Gasteiger partial charge in [-0.05, 0) is 35.4 Å². The molecular weight excluding hydrogens is 405 g/mol. The summed E-state index contributed by atoms with van der Waals surface area (Å²) in [5.74, 6) is -0.0463. The number of aromatic nitrogens is 2. The molecule has 3 aliphatic rings. The summed E-state index contributed by atoms with van der Waals surface area (Å²) in [5, 5.41) is 9.07. The Morgan fingerprint density at radius 2 is 2.06 bits per heavy atom. The third-order valence-corrected chi connectivity index (χ3v) is 6.33. The standard InChI is InChI=1S/C21H22FN5O4/c1-11(28)23-7-14-8-27(21(30)31-14)13-2-3-15(18(22)4-13)19-16-9-26(10-17(16)19)20(29)12-5-24-25-6-12/h2-6,14,16-17,19H,7-10H2,1H3,(H,23,28)(H,24,25)/t14-,16-,17+,19+/m0/s1. The van der Waals surface area contributed by atoms with Crippen molar-refractivity contribution in [3.05, 3.63) is 47.5 Å². The highest BCUT2D eigenvalue weighted by Crippen LogP contribution is 2.59. The van der Waals surface area contributed by atoms with Gasteiger partial charge in [-0.1, -0.05) is 6.07 Å². The van der Waals surface area contributed by atoms with E-state index in [1.165, 1.54) is 24.1 Å².